The summed E-state index contributed by atoms with van der Waals surface area (Å²) in [5.74, 6) is -0.373. The highest BCUT2D eigenvalue weighted by atomic mass is 32.1. The molecule has 27 heavy (non-hydrogen) atoms. The van der Waals surface area contributed by atoms with E-state index in [2.05, 4.69) is 23.7 Å². The number of anilines is 1. The lowest BCUT2D eigenvalue weighted by molar-refractivity contribution is -0.118. The first-order valence-corrected chi connectivity index (χ1v) is 10.1. The fraction of sp³-hybridized carbons (Fsp3) is 0.333. The van der Waals surface area contributed by atoms with Crippen LogP contribution in [0, 0.1) is 5.82 Å². The standard InChI is InChI=1S/C21H24FN3OS/c1-3-24(4-2)13-14-25(19(26)15-16-9-6-5-7-10-16)21-23-20-17(22)11-8-12-18(20)27-21/h5-12H,3-4,13-15H2,1-2H3. The number of benzene rings is 2. The Labute approximate surface area is 163 Å². The van der Waals surface area contributed by atoms with Crippen molar-refractivity contribution in [1.29, 1.82) is 0 Å². The number of fused-ring (bicyclic) bond motifs is 1. The third kappa shape index (κ3) is 4.70. The molecule has 6 heteroatoms. The molecule has 1 aromatic heterocycles. The summed E-state index contributed by atoms with van der Waals surface area (Å²) in [6.07, 6.45) is 0.303. The van der Waals surface area contributed by atoms with Gasteiger partial charge in [-0.2, -0.15) is 0 Å². The van der Waals surface area contributed by atoms with E-state index in [0.29, 0.717) is 23.6 Å². The first kappa shape index (κ1) is 19.5. The number of carbonyl (C=O) groups excluding carboxylic acids is 1. The summed E-state index contributed by atoms with van der Waals surface area (Å²) < 4.78 is 14.8. The molecule has 0 fully saturated rings. The van der Waals surface area contributed by atoms with E-state index in [0.717, 1.165) is 29.9 Å². The predicted octanol–water partition coefficient (Wildman–Crippen LogP) is 4.35. The molecule has 0 bridgehead atoms. The van der Waals surface area contributed by atoms with Gasteiger partial charge in [0.05, 0.1) is 11.1 Å². The quantitative estimate of drug-likeness (QED) is 0.578. The molecule has 0 saturated heterocycles. The summed E-state index contributed by atoms with van der Waals surface area (Å²) in [5, 5.41) is 0.559. The molecule has 142 valence electrons. The molecule has 0 spiro atoms. The zero-order valence-corrected chi connectivity index (χ0v) is 16.5. The Kier molecular flexibility index (Phi) is 6.53. The zero-order valence-electron chi connectivity index (χ0n) is 15.7. The normalized spacial score (nSPS) is 11.3. The van der Waals surface area contributed by atoms with Crippen molar-refractivity contribution < 1.29 is 9.18 Å². The first-order chi connectivity index (χ1) is 13.1. The number of nitrogens with zero attached hydrogens (tertiary/aromatic N) is 3. The van der Waals surface area contributed by atoms with Crippen molar-refractivity contribution in [1.82, 2.24) is 9.88 Å². The lowest BCUT2D eigenvalue weighted by Gasteiger charge is -2.24. The molecule has 2 aromatic carbocycles. The summed E-state index contributed by atoms with van der Waals surface area (Å²) in [6.45, 7) is 7.34. The Hall–Kier alpha value is -2.31. The van der Waals surface area contributed by atoms with Crippen LogP contribution in [-0.4, -0.2) is 42.0 Å². The van der Waals surface area contributed by atoms with Crippen molar-refractivity contribution in [2.75, 3.05) is 31.1 Å². The second-order valence-electron chi connectivity index (χ2n) is 6.32. The van der Waals surface area contributed by atoms with E-state index in [4.69, 9.17) is 0 Å². The Morgan fingerprint density at radius 3 is 2.44 bits per heavy atom. The number of amides is 1. The lowest BCUT2D eigenvalue weighted by atomic mass is 10.1. The number of halogens is 1. The molecule has 0 aliphatic heterocycles. The highest BCUT2D eigenvalue weighted by molar-refractivity contribution is 7.22. The number of hydrogen-bond acceptors (Lipinski definition) is 4. The molecule has 1 amide bonds. The highest BCUT2D eigenvalue weighted by Gasteiger charge is 2.21. The summed E-state index contributed by atoms with van der Waals surface area (Å²) in [5.41, 5.74) is 1.29. The van der Waals surface area contributed by atoms with Crippen LogP contribution in [0.25, 0.3) is 10.2 Å². The molecule has 4 nitrogen and oxygen atoms in total. The molecular weight excluding hydrogens is 361 g/mol. The van der Waals surface area contributed by atoms with E-state index in [-0.39, 0.29) is 11.7 Å². The van der Waals surface area contributed by atoms with Crippen LogP contribution in [0.4, 0.5) is 9.52 Å². The van der Waals surface area contributed by atoms with Gasteiger partial charge in [-0.3, -0.25) is 9.69 Å². The van der Waals surface area contributed by atoms with Crippen LogP contribution in [0.15, 0.2) is 48.5 Å². The Bertz CT molecular complexity index is 893. The van der Waals surface area contributed by atoms with Gasteiger partial charge in [-0.1, -0.05) is 61.6 Å². The second kappa shape index (κ2) is 9.06. The van der Waals surface area contributed by atoms with Gasteiger partial charge in [0.2, 0.25) is 5.91 Å². The molecule has 0 N–H and O–H groups in total. The Morgan fingerprint density at radius 1 is 1.04 bits per heavy atom. The monoisotopic (exact) mass is 385 g/mol. The van der Waals surface area contributed by atoms with E-state index in [1.54, 1.807) is 11.0 Å². The second-order valence-corrected chi connectivity index (χ2v) is 7.33. The van der Waals surface area contributed by atoms with Crippen LogP contribution in [-0.2, 0) is 11.2 Å². The van der Waals surface area contributed by atoms with Crippen molar-refractivity contribution in [2.24, 2.45) is 0 Å². The number of likely N-dealkylation sites (N-methyl/N-ethyl adjacent to an activating group) is 1. The summed E-state index contributed by atoms with van der Waals surface area (Å²) in [6, 6.07) is 14.6. The fourth-order valence-electron chi connectivity index (χ4n) is 2.99. The fourth-order valence-corrected chi connectivity index (χ4v) is 4.02. The third-order valence-corrected chi connectivity index (χ3v) is 5.67. The van der Waals surface area contributed by atoms with Gasteiger partial charge < -0.3 is 4.90 Å². The number of carbonyl (C=O) groups is 1. The number of aromatic nitrogens is 1. The molecule has 0 unspecified atom stereocenters. The maximum absolute atomic E-state index is 14.1. The molecule has 0 radical (unpaired) electrons. The van der Waals surface area contributed by atoms with Crippen molar-refractivity contribution in [3.8, 4) is 0 Å². The van der Waals surface area contributed by atoms with E-state index >= 15 is 0 Å². The SMILES string of the molecule is CCN(CC)CCN(C(=O)Cc1ccccc1)c1nc2c(F)cccc2s1. The van der Waals surface area contributed by atoms with Gasteiger partial charge in [-0.15, -0.1) is 0 Å². The Morgan fingerprint density at radius 2 is 1.78 bits per heavy atom. The van der Waals surface area contributed by atoms with Gasteiger partial charge in [0.15, 0.2) is 5.13 Å². The molecule has 0 atom stereocenters. The average Bonchev–Trinajstić information content (AvgIpc) is 3.11. The predicted molar refractivity (Wildman–Crippen MR) is 110 cm³/mol. The van der Waals surface area contributed by atoms with Crippen molar-refractivity contribution in [2.45, 2.75) is 20.3 Å². The maximum atomic E-state index is 14.1. The van der Waals surface area contributed by atoms with Gasteiger partial charge in [0, 0.05) is 13.1 Å². The maximum Gasteiger partial charge on any atom is 0.233 e. The minimum absolute atomic E-state index is 0.0205. The van der Waals surface area contributed by atoms with Crippen LogP contribution in [0.1, 0.15) is 19.4 Å². The van der Waals surface area contributed by atoms with Gasteiger partial charge in [0.1, 0.15) is 11.3 Å². The zero-order chi connectivity index (χ0) is 19.2. The van der Waals surface area contributed by atoms with Gasteiger partial charge in [-0.05, 0) is 30.8 Å². The van der Waals surface area contributed by atoms with E-state index < -0.39 is 0 Å². The van der Waals surface area contributed by atoms with E-state index in [1.807, 2.05) is 36.4 Å². The van der Waals surface area contributed by atoms with Gasteiger partial charge in [-0.25, -0.2) is 9.37 Å². The van der Waals surface area contributed by atoms with Crippen LogP contribution < -0.4 is 4.90 Å². The van der Waals surface area contributed by atoms with E-state index in [1.165, 1.54) is 17.4 Å². The summed E-state index contributed by atoms with van der Waals surface area (Å²) >= 11 is 1.36. The third-order valence-electron chi connectivity index (χ3n) is 4.62. The van der Waals surface area contributed by atoms with Crippen LogP contribution in [0.5, 0.6) is 0 Å². The lowest BCUT2D eigenvalue weighted by Crippen LogP contribution is -2.39. The number of thiazole rings is 1. The molecule has 3 rings (SSSR count). The number of para-hydroxylation sites is 1. The van der Waals surface area contributed by atoms with Crippen molar-refractivity contribution >= 4 is 32.6 Å². The summed E-state index contributed by atoms with van der Waals surface area (Å²) in [7, 11) is 0. The number of rotatable bonds is 8. The van der Waals surface area contributed by atoms with Crippen LogP contribution in [0.3, 0.4) is 0 Å². The minimum atomic E-state index is -0.353. The largest absolute Gasteiger partial charge is 0.302 e. The van der Waals surface area contributed by atoms with Crippen LogP contribution >= 0.6 is 11.3 Å². The minimum Gasteiger partial charge on any atom is -0.302 e. The smallest absolute Gasteiger partial charge is 0.233 e. The Balaban J connectivity index is 1.88. The summed E-state index contributed by atoms with van der Waals surface area (Å²) in [4.78, 5) is 21.4. The first-order valence-electron chi connectivity index (χ1n) is 9.24. The topological polar surface area (TPSA) is 36.4 Å². The van der Waals surface area contributed by atoms with Gasteiger partial charge >= 0.3 is 0 Å². The number of hydrogen-bond donors (Lipinski definition) is 0. The van der Waals surface area contributed by atoms with Crippen molar-refractivity contribution in [3.63, 3.8) is 0 Å². The van der Waals surface area contributed by atoms with Gasteiger partial charge in [0.25, 0.3) is 0 Å². The molecule has 0 saturated carbocycles. The molecular formula is C21H24FN3OS. The average molecular weight is 386 g/mol. The molecule has 1 heterocycles. The molecule has 0 aliphatic carbocycles. The highest BCUT2D eigenvalue weighted by Crippen LogP contribution is 2.30. The van der Waals surface area contributed by atoms with Crippen LogP contribution in [0.2, 0.25) is 0 Å². The molecule has 0 aliphatic rings. The molecule has 3 aromatic rings. The van der Waals surface area contributed by atoms with Crippen molar-refractivity contribution in [3.05, 3.63) is 59.9 Å². The van der Waals surface area contributed by atoms with E-state index in [9.17, 15) is 9.18 Å².